The first-order chi connectivity index (χ1) is 8.63. The zero-order valence-electron chi connectivity index (χ0n) is 9.80. The van der Waals surface area contributed by atoms with Gasteiger partial charge in [0.05, 0.1) is 24.8 Å². The maximum Gasteiger partial charge on any atom is 0.258 e. The van der Waals surface area contributed by atoms with Crippen molar-refractivity contribution in [1.82, 2.24) is 4.90 Å². The third kappa shape index (κ3) is 2.44. The summed E-state index contributed by atoms with van der Waals surface area (Å²) in [6.45, 7) is 1.43. The summed E-state index contributed by atoms with van der Waals surface area (Å²) in [5, 5.41) is 9.62. The van der Waals surface area contributed by atoms with Crippen LogP contribution in [-0.2, 0) is 4.74 Å². The van der Waals surface area contributed by atoms with E-state index in [9.17, 15) is 14.3 Å². The number of rotatable bonds is 2. The summed E-state index contributed by atoms with van der Waals surface area (Å²) >= 11 is 0. The van der Waals surface area contributed by atoms with E-state index < -0.39 is 11.7 Å². The van der Waals surface area contributed by atoms with Gasteiger partial charge < -0.3 is 20.5 Å². The zero-order chi connectivity index (χ0) is 13.1. The number of nitrogens with zero attached hydrogens (tertiary/aromatic N) is 1. The molecule has 2 rings (SSSR count). The van der Waals surface area contributed by atoms with Gasteiger partial charge >= 0.3 is 0 Å². The molecule has 18 heavy (non-hydrogen) atoms. The van der Waals surface area contributed by atoms with Crippen molar-refractivity contribution in [2.45, 2.75) is 6.04 Å². The highest BCUT2D eigenvalue weighted by Crippen LogP contribution is 2.21. The summed E-state index contributed by atoms with van der Waals surface area (Å²) < 4.78 is 18.4. The topological polar surface area (TPSA) is 75.8 Å². The van der Waals surface area contributed by atoms with E-state index in [1.165, 1.54) is 11.0 Å². The number of carbonyl (C=O) groups is 1. The molecular weight excluding hydrogens is 239 g/mol. The van der Waals surface area contributed by atoms with E-state index in [0.717, 1.165) is 12.1 Å². The molecule has 1 saturated heterocycles. The van der Waals surface area contributed by atoms with Crippen LogP contribution in [0.5, 0.6) is 5.75 Å². The minimum atomic E-state index is -0.561. The molecule has 0 aliphatic carbocycles. The van der Waals surface area contributed by atoms with Crippen LogP contribution in [0.2, 0.25) is 0 Å². The Balaban J connectivity index is 2.26. The van der Waals surface area contributed by atoms with Crippen LogP contribution in [0.1, 0.15) is 10.4 Å². The van der Waals surface area contributed by atoms with Gasteiger partial charge in [-0.3, -0.25) is 4.79 Å². The molecule has 1 aromatic carbocycles. The van der Waals surface area contributed by atoms with Crippen LogP contribution in [0.3, 0.4) is 0 Å². The molecule has 3 N–H and O–H groups in total. The summed E-state index contributed by atoms with van der Waals surface area (Å²) in [4.78, 5) is 13.7. The third-order valence-corrected chi connectivity index (χ3v) is 2.95. The lowest BCUT2D eigenvalue weighted by molar-refractivity contribution is 0.000674. The zero-order valence-corrected chi connectivity index (χ0v) is 9.80. The van der Waals surface area contributed by atoms with Gasteiger partial charge in [-0.2, -0.15) is 0 Å². The third-order valence-electron chi connectivity index (χ3n) is 2.95. The van der Waals surface area contributed by atoms with E-state index in [4.69, 9.17) is 10.5 Å². The highest BCUT2D eigenvalue weighted by molar-refractivity contribution is 5.97. The first-order valence-electron chi connectivity index (χ1n) is 5.70. The lowest BCUT2D eigenvalue weighted by atomic mass is 10.1. The summed E-state index contributed by atoms with van der Waals surface area (Å²) in [5.41, 5.74) is 5.52. The Bertz CT molecular complexity index is 453. The van der Waals surface area contributed by atoms with E-state index in [2.05, 4.69) is 0 Å². The number of carbonyl (C=O) groups excluding carboxylic acids is 1. The van der Waals surface area contributed by atoms with E-state index in [0.29, 0.717) is 19.8 Å². The number of hydrogen-bond donors (Lipinski definition) is 2. The number of nitrogens with two attached hydrogens (primary N) is 1. The molecule has 98 valence electrons. The molecule has 0 spiro atoms. The van der Waals surface area contributed by atoms with Crippen molar-refractivity contribution in [2.75, 3.05) is 26.3 Å². The average molecular weight is 254 g/mol. The molecule has 1 atom stereocenters. The van der Waals surface area contributed by atoms with Crippen molar-refractivity contribution >= 4 is 5.91 Å². The Morgan fingerprint density at radius 3 is 3.11 bits per heavy atom. The fourth-order valence-electron chi connectivity index (χ4n) is 1.95. The van der Waals surface area contributed by atoms with Gasteiger partial charge in [-0.05, 0) is 18.2 Å². The molecule has 1 aromatic rings. The largest absolute Gasteiger partial charge is 0.507 e. The monoisotopic (exact) mass is 254 g/mol. The lowest BCUT2D eigenvalue weighted by Crippen LogP contribution is -2.52. The van der Waals surface area contributed by atoms with Gasteiger partial charge in [-0.15, -0.1) is 0 Å². The number of phenols is 1. The lowest BCUT2D eigenvalue weighted by Gasteiger charge is -2.35. The van der Waals surface area contributed by atoms with Gasteiger partial charge in [0.15, 0.2) is 0 Å². The summed E-state index contributed by atoms with van der Waals surface area (Å²) in [7, 11) is 0. The van der Waals surface area contributed by atoms with Crippen LogP contribution in [0.25, 0.3) is 0 Å². The van der Waals surface area contributed by atoms with Gasteiger partial charge in [0.25, 0.3) is 5.91 Å². The number of benzene rings is 1. The van der Waals surface area contributed by atoms with Crippen molar-refractivity contribution in [3.05, 3.63) is 29.6 Å². The van der Waals surface area contributed by atoms with Crippen molar-refractivity contribution in [2.24, 2.45) is 5.73 Å². The van der Waals surface area contributed by atoms with E-state index in [-0.39, 0.29) is 23.9 Å². The molecule has 1 heterocycles. The number of morpholine rings is 1. The molecule has 1 aliphatic heterocycles. The van der Waals surface area contributed by atoms with Crippen LogP contribution in [0.4, 0.5) is 4.39 Å². The van der Waals surface area contributed by atoms with E-state index >= 15 is 0 Å². The van der Waals surface area contributed by atoms with Gasteiger partial charge in [0.1, 0.15) is 11.6 Å². The fraction of sp³-hybridized carbons (Fsp3) is 0.417. The highest BCUT2D eigenvalue weighted by atomic mass is 19.1. The SMILES string of the molecule is NCC1COCCN1C(=O)c1cc(F)ccc1O. The van der Waals surface area contributed by atoms with Gasteiger partial charge in [-0.25, -0.2) is 4.39 Å². The number of ether oxygens (including phenoxy) is 1. The van der Waals surface area contributed by atoms with Crippen LogP contribution >= 0.6 is 0 Å². The molecule has 1 fully saturated rings. The molecule has 1 amide bonds. The maximum absolute atomic E-state index is 13.1. The standard InChI is InChI=1S/C12H15FN2O3/c13-8-1-2-11(16)10(5-8)12(17)15-3-4-18-7-9(15)6-14/h1-2,5,9,16H,3-4,6-7,14H2. The Morgan fingerprint density at radius 1 is 1.61 bits per heavy atom. The Morgan fingerprint density at radius 2 is 2.39 bits per heavy atom. The smallest absolute Gasteiger partial charge is 0.258 e. The number of aromatic hydroxyl groups is 1. The minimum Gasteiger partial charge on any atom is -0.507 e. The number of amides is 1. The Labute approximate surface area is 104 Å². The van der Waals surface area contributed by atoms with Crippen LogP contribution in [0.15, 0.2) is 18.2 Å². The van der Waals surface area contributed by atoms with Crippen LogP contribution in [0, 0.1) is 5.82 Å². The second-order valence-corrected chi connectivity index (χ2v) is 4.12. The molecule has 1 unspecified atom stereocenters. The first-order valence-corrected chi connectivity index (χ1v) is 5.70. The molecule has 0 aromatic heterocycles. The van der Waals surface area contributed by atoms with Crippen molar-refractivity contribution in [3.8, 4) is 5.75 Å². The van der Waals surface area contributed by atoms with Crippen LogP contribution < -0.4 is 5.73 Å². The minimum absolute atomic E-state index is 0.0460. The molecule has 0 saturated carbocycles. The van der Waals surface area contributed by atoms with Crippen LogP contribution in [-0.4, -0.2) is 48.3 Å². The fourth-order valence-corrected chi connectivity index (χ4v) is 1.95. The molecule has 0 radical (unpaired) electrons. The van der Waals surface area contributed by atoms with Crippen molar-refractivity contribution in [1.29, 1.82) is 0 Å². The molecule has 5 nitrogen and oxygen atoms in total. The van der Waals surface area contributed by atoms with E-state index in [1.807, 2.05) is 0 Å². The first kappa shape index (κ1) is 12.8. The predicted molar refractivity (Wildman–Crippen MR) is 62.8 cm³/mol. The van der Waals surface area contributed by atoms with E-state index in [1.54, 1.807) is 0 Å². The average Bonchev–Trinajstić information content (AvgIpc) is 2.40. The number of hydrogen-bond acceptors (Lipinski definition) is 4. The summed E-state index contributed by atoms with van der Waals surface area (Å²) in [5.74, 6) is -1.22. The second-order valence-electron chi connectivity index (χ2n) is 4.12. The normalized spacial score (nSPS) is 19.9. The quantitative estimate of drug-likeness (QED) is 0.797. The molecule has 6 heteroatoms. The summed E-state index contributed by atoms with van der Waals surface area (Å²) in [6, 6.07) is 3.06. The van der Waals surface area contributed by atoms with Crippen molar-refractivity contribution in [3.63, 3.8) is 0 Å². The molecule has 1 aliphatic rings. The predicted octanol–water partition coefficient (Wildman–Crippen LogP) is 0.331. The Kier molecular flexibility index (Phi) is 3.78. The van der Waals surface area contributed by atoms with Gasteiger partial charge in [0.2, 0.25) is 0 Å². The Hall–Kier alpha value is -1.66. The number of halogens is 1. The van der Waals surface area contributed by atoms with Gasteiger partial charge in [-0.1, -0.05) is 0 Å². The highest BCUT2D eigenvalue weighted by Gasteiger charge is 2.28. The molecular formula is C12H15FN2O3. The van der Waals surface area contributed by atoms with Gasteiger partial charge in [0, 0.05) is 13.1 Å². The summed E-state index contributed by atoms with van der Waals surface area (Å²) in [6.07, 6.45) is 0. The number of phenolic OH excluding ortho intramolecular Hbond substituents is 1. The second kappa shape index (κ2) is 5.32. The van der Waals surface area contributed by atoms with Crippen molar-refractivity contribution < 1.29 is 19.0 Å². The maximum atomic E-state index is 13.1. The molecule has 0 bridgehead atoms.